The molecule has 0 radical (unpaired) electrons. The first-order valence-electron chi connectivity index (χ1n) is 9.64. The molecule has 2 aliphatic rings. The first kappa shape index (κ1) is 20.5. The summed E-state index contributed by atoms with van der Waals surface area (Å²) in [5, 5.41) is 3.49. The topological polar surface area (TPSA) is 30.9 Å². The molecule has 0 spiro atoms. The molecule has 1 N–H and O–H groups in total. The van der Waals surface area contributed by atoms with E-state index in [1.807, 2.05) is 0 Å². The zero-order valence-electron chi connectivity index (χ0n) is 15.7. The Balaban J connectivity index is 0.00000225. The van der Waals surface area contributed by atoms with Crippen LogP contribution < -0.4 is 5.32 Å². The van der Waals surface area contributed by atoms with Gasteiger partial charge in [-0.05, 0) is 38.3 Å². The van der Waals surface area contributed by atoms with Crippen LogP contribution in [0.4, 0.5) is 0 Å². The zero-order valence-corrected chi connectivity index (χ0v) is 18.0. The van der Waals surface area contributed by atoms with Crippen molar-refractivity contribution in [1.29, 1.82) is 0 Å². The van der Waals surface area contributed by atoms with E-state index in [0.717, 1.165) is 51.3 Å². The minimum atomic E-state index is 0. The van der Waals surface area contributed by atoms with Crippen molar-refractivity contribution in [3.05, 3.63) is 35.9 Å². The van der Waals surface area contributed by atoms with Crippen LogP contribution in [0.3, 0.4) is 0 Å². The third-order valence-electron chi connectivity index (χ3n) is 5.21. The normalized spacial score (nSPS) is 20.7. The number of likely N-dealkylation sites (N-methyl/N-ethyl adjacent to an activating group) is 1. The van der Waals surface area contributed by atoms with Crippen LogP contribution in [-0.4, -0.2) is 61.1 Å². The third kappa shape index (κ3) is 5.84. The van der Waals surface area contributed by atoms with Crippen LogP contribution in [0, 0.1) is 0 Å². The van der Waals surface area contributed by atoms with E-state index < -0.39 is 0 Å². The molecule has 0 aromatic heterocycles. The number of guanidine groups is 1. The van der Waals surface area contributed by atoms with E-state index in [0.29, 0.717) is 5.92 Å². The molecule has 1 aliphatic heterocycles. The lowest BCUT2D eigenvalue weighted by molar-refractivity contribution is 0.285. The molecule has 1 heterocycles. The van der Waals surface area contributed by atoms with Gasteiger partial charge in [0.25, 0.3) is 0 Å². The molecule has 1 unspecified atom stereocenters. The van der Waals surface area contributed by atoms with Crippen molar-refractivity contribution in [2.24, 2.45) is 4.99 Å². The SMILES string of the molecule is CCNC(=NCCN(CC)C1CC1)N1CCC(c2ccccc2)C1.I. The van der Waals surface area contributed by atoms with Gasteiger partial charge in [0.05, 0.1) is 6.54 Å². The Labute approximate surface area is 170 Å². The van der Waals surface area contributed by atoms with E-state index in [1.165, 1.54) is 24.8 Å². The molecule has 1 saturated heterocycles. The molecule has 140 valence electrons. The number of nitrogens with one attached hydrogen (secondary N) is 1. The minimum absolute atomic E-state index is 0. The number of hydrogen-bond donors (Lipinski definition) is 1. The molecule has 1 atom stereocenters. The Hall–Kier alpha value is -0.820. The fourth-order valence-corrected chi connectivity index (χ4v) is 3.70. The van der Waals surface area contributed by atoms with Gasteiger partial charge in [0.15, 0.2) is 5.96 Å². The fourth-order valence-electron chi connectivity index (χ4n) is 3.70. The summed E-state index contributed by atoms with van der Waals surface area (Å²) in [5.74, 6) is 1.73. The highest BCUT2D eigenvalue weighted by Crippen LogP contribution is 2.27. The van der Waals surface area contributed by atoms with Crippen LogP contribution in [0.5, 0.6) is 0 Å². The molecule has 1 aliphatic carbocycles. The molecular formula is C20H33IN4. The molecule has 3 rings (SSSR count). The molecular weight excluding hydrogens is 423 g/mol. The Morgan fingerprint density at radius 1 is 1.20 bits per heavy atom. The standard InChI is InChI=1S/C20H32N4.HI/c1-3-21-20(22-13-15-23(4-2)19-10-11-19)24-14-12-18(16-24)17-8-6-5-7-9-17;/h5-9,18-19H,3-4,10-16H2,1-2H3,(H,21,22);1H. The summed E-state index contributed by atoms with van der Waals surface area (Å²) >= 11 is 0. The van der Waals surface area contributed by atoms with Crippen molar-refractivity contribution in [2.45, 2.75) is 45.1 Å². The molecule has 1 aromatic carbocycles. The second-order valence-electron chi connectivity index (χ2n) is 6.94. The number of nitrogens with zero attached hydrogens (tertiary/aromatic N) is 3. The average molecular weight is 456 g/mol. The van der Waals surface area contributed by atoms with E-state index in [-0.39, 0.29) is 24.0 Å². The maximum absolute atomic E-state index is 4.91. The number of benzene rings is 1. The van der Waals surface area contributed by atoms with Crippen LogP contribution in [-0.2, 0) is 0 Å². The van der Waals surface area contributed by atoms with Gasteiger partial charge in [0, 0.05) is 38.1 Å². The van der Waals surface area contributed by atoms with E-state index >= 15 is 0 Å². The van der Waals surface area contributed by atoms with Crippen LogP contribution in [0.1, 0.15) is 44.6 Å². The van der Waals surface area contributed by atoms with Crippen LogP contribution in [0.25, 0.3) is 0 Å². The molecule has 1 aromatic rings. The second-order valence-corrected chi connectivity index (χ2v) is 6.94. The van der Waals surface area contributed by atoms with E-state index in [4.69, 9.17) is 4.99 Å². The van der Waals surface area contributed by atoms with Crippen LogP contribution in [0.2, 0.25) is 0 Å². The van der Waals surface area contributed by atoms with Gasteiger partial charge in [-0.3, -0.25) is 9.89 Å². The van der Waals surface area contributed by atoms with E-state index in [9.17, 15) is 0 Å². The highest BCUT2D eigenvalue weighted by Gasteiger charge is 2.28. The lowest BCUT2D eigenvalue weighted by atomic mass is 9.99. The third-order valence-corrected chi connectivity index (χ3v) is 5.21. The molecule has 1 saturated carbocycles. The average Bonchev–Trinajstić information content (AvgIpc) is 3.34. The van der Waals surface area contributed by atoms with Crippen molar-refractivity contribution in [1.82, 2.24) is 15.1 Å². The zero-order chi connectivity index (χ0) is 16.8. The predicted octanol–water partition coefficient (Wildman–Crippen LogP) is 3.54. The largest absolute Gasteiger partial charge is 0.357 e. The smallest absolute Gasteiger partial charge is 0.193 e. The molecule has 25 heavy (non-hydrogen) atoms. The molecule has 0 amide bonds. The van der Waals surface area contributed by atoms with Gasteiger partial charge in [0.1, 0.15) is 0 Å². The minimum Gasteiger partial charge on any atom is -0.357 e. The Kier molecular flexibility index (Phi) is 8.49. The van der Waals surface area contributed by atoms with Crippen LogP contribution >= 0.6 is 24.0 Å². The number of aliphatic imine (C=N–C) groups is 1. The first-order valence-corrected chi connectivity index (χ1v) is 9.64. The van der Waals surface area contributed by atoms with Gasteiger partial charge < -0.3 is 10.2 Å². The quantitative estimate of drug-likeness (QED) is 0.387. The number of hydrogen-bond acceptors (Lipinski definition) is 2. The van der Waals surface area contributed by atoms with Gasteiger partial charge in [-0.1, -0.05) is 37.3 Å². The Morgan fingerprint density at radius 2 is 1.96 bits per heavy atom. The van der Waals surface area contributed by atoms with Gasteiger partial charge in [0.2, 0.25) is 0 Å². The number of halogens is 1. The van der Waals surface area contributed by atoms with Crippen molar-refractivity contribution in [2.75, 3.05) is 39.3 Å². The van der Waals surface area contributed by atoms with Gasteiger partial charge in [-0.25, -0.2) is 0 Å². The maximum Gasteiger partial charge on any atom is 0.193 e. The summed E-state index contributed by atoms with van der Waals surface area (Å²) in [6.45, 7) is 10.7. The summed E-state index contributed by atoms with van der Waals surface area (Å²) in [5.41, 5.74) is 1.46. The maximum atomic E-state index is 4.91. The van der Waals surface area contributed by atoms with Gasteiger partial charge in [-0.15, -0.1) is 24.0 Å². The summed E-state index contributed by atoms with van der Waals surface area (Å²) in [4.78, 5) is 9.92. The number of rotatable bonds is 7. The van der Waals surface area contributed by atoms with E-state index in [1.54, 1.807) is 0 Å². The molecule has 2 fully saturated rings. The Bertz CT molecular complexity index is 530. The van der Waals surface area contributed by atoms with Crippen molar-refractivity contribution in [3.8, 4) is 0 Å². The van der Waals surface area contributed by atoms with Crippen molar-refractivity contribution < 1.29 is 0 Å². The molecule has 0 bridgehead atoms. The molecule has 5 heteroatoms. The Morgan fingerprint density at radius 3 is 2.60 bits per heavy atom. The summed E-state index contributed by atoms with van der Waals surface area (Å²) in [6.07, 6.45) is 3.97. The monoisotopic (exact) mass is 456 g/mol. The van der Waals surface area contributed by atoms with Crippen molar-refractivity contribution >= 4 is 29.9 Å². The van der Waals surface area contributed by atoms with Crippen LogP contribution in [0.15, 0.2) is 35.3 Å². The number of likely N-dealkylation sites (tertiary alicyclic amines) is 1. The lowest BCUT2D eigenvalue weighted by Gasteiger charge is -2.23. The predicted molar refractivity (Wildman–Crippen MR) is 117 cm³/mol. The van der Waals surface area contributed by atoms with Crippen molar-refractivity contribution in [3.63, 3.8) is 0 Å². The fraction of sp³-hybridized carbons (Fsp3) is 0.650. The second kappa shape index (κ2) is 10.4. The van der Waals surface area contributed by atoms with E-state index in [2.05, 4.69) is 59.3 Å². The highest BCUT2D eigenvalue weighted by molar-refractivity contribution is 14.0. The summed E-state index contributed by atoms with van der Waals surface area (Å²) in [7, 11) is 0. The molecule has 4 nitrogen and oxygen atoms in total. The summed E-state index contributed by atoms with van der Waals surface area (Å²) in [6, 6.07) is 11.7. The highest BCUT2D eigenvalue weighted by atomic mass is 127. The summed E-state index contributed by atoms with van der Waals surface area (Å²) < 4.78 is 0. The van der Waals surface area contributed by atoms with Gasteiger partial charge in [-0.2, -0.15) is 0 Å². The lowest BCUT2D eigenvalue weighted by Crippen LogP contribution is -2.40. The first-order chi connectivity index (χ1) is 11.8. The van der Waals surface area contributed by atoms with Gasteiger partial charge >= 0.3 is 0 Å².